The van der Waals surface area contributed by atoms with Crippen molar-refractivity contribution in [3.8, 4) is 5.75 Å². The maximum absolute atomic E-state index is 10.4. The van der Waals surface area contributed by atoms with Gasteiger partial charge in [0.2, 0.25) is 0 Å². The van der Waals surface area contributed by atoms with Gasteiger partial charge < -0.3 is 9.50 Å². The summed E-state index contributed by atoms with van der Waals surface area (Å²) >= 11 is 0. The lowest BCUT2D eigenvalue weighted by Crippen LogP contribution is -2.08. The van der Waals surface area contributed by atoms with Crippen molar-refractivity contribution in [2.45, 2.75) is 0 Å². The second-order valence-corrected chi connectivity index (χ2v) is 3.28. The van der Waals surface area contributed by atoms with Crippen LogP contribution in [0.25, 0.3) is 0 Å². The van der Waals surface area contributed by atoms with E-state index in [0.29, 0.717) is 5.69 Å². The van der Waals surface area contributed by atoms with Crippen LogP contribution in [-0.2, 0) is 10.4 Å². The van der Waals surface area contributed by atoms with Crippen molar-refractivity contribution in [3.63, 3.8) is 0 Å². The van der Waals surface area contributed by atoms with Crippen LogP contribution in [-0.4, -0.2) is 20.0 Å². The molecule has 5 nitrogen and oxygen atoms in total. The van der Waals surface area contributed by atoms with E-state index in [4.69, 9.17) is 4.55 Å². The van der Waals surface area contributed by atoms with Crippen LogP contribution in [0, 0.1) is 0 Å². The van der Waals surface area contributed by atoms with E-state index in [9.17, 15) is 8.42 Å². The standard InChI is InChI=1S/C7H9NO4S/c1-8-6-4-2-3-5-7(6)12-13(9,10)11/h2-5,8H,1H3,(H,9,10,11). The maximum atomic E-state index is 10.4. The minimum atomic E-state index is -4.45. The van der Waals surface area contributed by atoms with Crippen LogP contribution in [0.4, 0.5) is 5.69 Å². The summed E-state index contributed by atoms with van der Waals surface area (Å²) in [6.07, 6.45) is 0. The molecule has 0 aromatic heterocycles. The summed E-state index contributed by atoms with van der Waals surface area (Å²) < 4.78 is 33.5. The summed E-state index contributed by atoms with van der Waals surface area (Å²) in [6.45, 7) is 0. The first-order valence-electron chi connectivity index (χ1n) is 3.46. The molecule has 0 radical (unpaired) electrons. The largest absolute Gasteiger partial charge is 0.446 e. The molecule has 0 fully saturated rings. The van der Waals surface area contributed by atoms with Gasteiger partial charge in [-0.3, -0.25) is 4.55 Å². The smallest absolute Gasteiger partial charge is 0.385 e. The zero-order chi connectivity index (χ0) is 9.90. The predicted molar refractivity (Wildman–Crippen MR) is 48.2 cm³/mol. The van der Waals surface area contributed by atoms with Gasteiger partial charge in [0.05, 0.1) is 5.69 Å². The normalized spacial score (nSPS) is 10.9. The van der Waals surface area contributed by atoms with Gasteiger partial charge in [0.25, 0.3) is 0 Å². The Balaban J connectivity index is 3.01. The zero-order valence-electron chi connectivity index (χ0n) is 6.89. The van der Waals surface area contributed by atoms with E-state index in [-0.39, 0.29) is 5.75 Å². The summed E-state index contributed by atoms with van der Waals surface area (Å²) in [6, 6.07) is 6.37. The molecular weight excluding hydrogens is 194 g/mol. The average molecular weight is 203 g/mol. The van der Waals surface area contributed by atoms with E-state index in [0.717, 1.165) is 0 Å². The third-order valence-electron chi connectivity index (χ3n) is 1.35. The van der Waals surface area contributed by atoms with Crippen LogP contribution in [0.2, 0.25) is 0 Å². The second kappa shape index (κ2) is 3.63. The van der Waals surface area contributed by atoms with Crippen LogP contribution in [0.1, 0.15) is 0 Å². The van der Waals surface area contributed by atoms with E-state index in [1.165, 1.54) is 6.07 Å². The summed E-state index contributed by atoms with van der Waals surface area (Å²) in [5, 5.41) is 2.72. The van der Waals surface area contributed by atoms with Crippen LogP contribution in [0.3, 0.4) is 0 Å². The van der Waals surface area contributed by atoms with E-state index in [1.807, 2.05) is 0 Å². The van der Waals surface area contributed by atoms with E-state index < -0.39 is 10.4 Å². The lowest BCUT2D eigenvalue weighted by Gasteiger charge is -2.06. The molecule has 0 spiro atoms. The van der Waals surface area contributed by atoms with Crippen molar-refractivity contribution in [2.75, 3.05) is 12.4 Å². The molecule has 0 aliphatic rings. The predicted octanol–water partition coefficient (Wildman–Crippen LogP) is 0.910. The SMILES string of the molecule is CNc1ccccc1OS(=O)(=O)O. The molecule has 0 bridgehead atoms. The number of anilines is 1. The molecule has 0 aliphatic carbocycles. The van der Waals surface area contributed by atoms with Crippen molar-refractivity contribution in [1.29, 1.82) is 0 Å². The van der Waals surface area contributed by atoms with Gasteiger partial charge in [0.15, 0.2) is 5.75 Å². The Hall–Kier alpha value is -1.27. The Morgan fingerprint density at radius 2 is 2.00 bits per heavy atom. The number of hydrogen-bond acceptors (Lipinski definition) is 4. The summed E-state index contributed by atoms with van der Waals surface area (Å²) in [7, 11) is -2.83. The van der Waals surface area contributed by atoms with Gasteiger partial charge in [-0.1, -0.05) is 12.1 Å². The first-order valence-corrected chi connectivity index (χ1v) is 4.83. The molecule has 0 heterocycles. The highest BCUT2D eigenvalue weighted by Crippen LogP contribution is 2.23. The highest BCUT2D eigenvalue weighted by molar-refractivity contribution is 7.81. The third kappa shape index (κ3) is 2.92. The Kier molecular flexibility index (Phi) is 2.74. The van der Waals surface area contributed by atoms with Crippen molar-refractivity contribution in [2.24, 2.45) is 0 Å². The van der Waals surface area contributed by atoms with E-state index >= 15 is 0 Å². The minimum Gasteiger partial charge on any atom is -0.385 e. The van der Waals surface area contributed by atoms with Gasteiger partial charge in [-0.05, 0) is 12.1 Å². The monoisotopic (exact) mass is 203 g/mol. The molecule has 1 rings (SSSR count). The van der Waals surface area contributed by atoms with Crippen molar-refractivity contribution in [3.05, 3.63) is 24.3 Å². The van der Waals surface area contributed by atoms with Gasteiger partial charge in [-0.15, -0.1) is 0 Å². The fourth-order valence-electron chi connectivity index (χ4n) is 0.859. The molecule has 0 atom stereocenters. The number of hydrogen-bond donors (Lipinski definition) is 2. The molecule has 0 unspecified atom stereocenters. The zero-order valence-corrected chi connectivity index (χ0v) is 7.71. The van der Waals surface area contributed by atoms with Gasteiger partial charge in [-0.25, -0.2) is 0 Å². The van der Waals surface area contributed by atoms with E-state index in [2.05, 4.69) is 9.50 Å². The first-order chi connectivity index (χ1) is 6.03. The molecular formula is C7H9NO4S. The van der Waals surface area contributed by atoms with Gasteiger partial charge in [0.1, 0.15) is 0 Å². The molecule has 0 saturated carbocycles. The maximum Gasteiger partial charge on any atom is 0.446 e. The summed E-state index contributed by atoms with van der Waals surface area (Å²) in [5.74, 6) is 0.0625. The lowest BCUT2D eigenvalue weighted by molar-refractivity contribution is 0.387. The quantitative estimate of drug-likeness (QED) is 0.714. The van der Waals surface area contributed by atoms with Gasteiger partial charge in [-0.2, -0.15) is 8.42 Å². The number of para-hydroxylation sites is 2. The topological polar surface area (TPSA) is 75.6 Å². The van der Waals surface area contributed by atoms with Crippen LogP contribution < -0.4 is 9.50 Å². The number of rotatable bonds is 3. The van der Waals surface area contributed by atoms with Crippen molar-refractivity contribution < 1.29 is 17.2 Å². The van der Waals surface area contributed by atoms with Gasteiger partial charge in [0, 0.05) is 7.05 Å². The van der Waals surface area contributed by atoms with Crippen molar-refractivity contribution >= 4 is 16.1 Å². The highest BCUT2D eigenvalue weighted by Gasteiger charge is 2.09. The first kappa shape index (κ1) is 9.82. The fraction of sp³-hybridized carbons (Fsp3) is 0.143. The summed E-state index contributed by atoms with van der Waals surface area (Å²) in [5.41, 5.74) is 0.486. The molecule has 0 aliphatic heterocycles. The van der Waals surface area contributed by atoms with Crippen LogP contribution in [0.5, 0.6) is 5.75 Å². The Morgan fingerprint density at radius 3 is 2.54 bits per heavy atom. The van der Waals surface area contributed by atoms with Crippen LogP contribution >= 0.6 is 0 Å². The molecule has 0 saturated heterocycles. The Labute approximate surface area is 76.3 Å². The lowest BCUT2D eigenvalue weighted by atomic mass is 10.3. The molecule has 1 aromatic rings. The molecule has 0 amide bonds. The molecule has 2 N–H and O–H groups in total. The van der Waals surface area contributed by atoms with Crippen LogP contribution in [0.15, 0.2) is 24.3 Å². The third-order valence-corrected chi connectivity index (χ3v) is 1.74. The molecule has 1 aromatic carbocycles. The Morgan fingerprint density at radius 1 is 1.38 bits per heavy atom. The molecule has 72 valence electrons. The number of nitrogens with one attached hydrogen (secondary N) is 1. The van der Waals surface area contributed by atoms with E-state index in [1.54, 1.807) is 25.2 Å². The summed E-state index contributed by atoms with van der Waals surface area (Å²) in [4.78, 5) is 0. The van der Waals surface area contributed by atoms with Crippen molar-refractivity contribution in [1.82, 2.24) is 0 Å². The minimum absolute atomic E-state index is 0.0625. The second-order valence-electron chi connectivity index (χ2n) is 2.26. The Bertz CT molecular complexity index is 387. The molecule has 13 heavy (non-hydrogen) atoms. The average Bonchev–Trinajstić information content (AvgIpc) is 2.02. The number of benzene rings is 1. The van der Waals surface area contributed by atoms with Gasteiger partial charge >= 0.3 is 10.4 Å². The highest BCUT2D eigenvalue weighted by atomic mass is 32.3. The fourth-order valence-corrected chi connectivity index (χ4v) is 1.23. The molecule has 6 heteroatoms.